The molecule has 5 heteroatoms. The van der Waals surface area contributed by atoms with Gasteiger partial charge in [0.15, 0.2) is 0 Å². The van der Waals surface area contributed by atoms with E-state index >= 15 is 0 Å². The number of aryl methyl sites for hydroxylation is 1. The molecule has 0 heterocycles. The number of methoxy groups -OCH3 is 1. The molecule has 104 valence electrons. The maximum Gasteiger partial charge on any atom is 0.339 e. The van der Waals surface area contributed by atoms with Gasteiger partial charge in [-0.2, -0.15) is 0 Å². The van der Waals surface area contributed by atoms with Crippen molar-refractivity contribution in [2.75, 3.05) is 12.4 Å². The van der Waals surface area contributed by atoms with E-state index in [0.29, 0.717) is 11.3 Å². The average Bonchev–Trinajstić information content (AvgIpc) is 2.28. The largest absolute Gasteiger partial charge is 0.465 e. The van der Waals surface area contributed by atoms with E-state index in [1.807, 2.05) is 13.0 Å². The van der Waals surface area contributed by atoms with Crippen molar-refractivity contribution in [2.24, 2.45) is 5.73 Å². The summed E-state index contributed by atoms with van der Waals surface area (Å²) in [7, 11) is 1.30. The number of carbonyl (C=O) groups excluding carboxylic acids is 2. The fourth-order valence-corrected chi connectivity index (χ4v) is 1.65. The highest BCUT2D eigenvalue weighted by molar-refractivity contribution is 6.01. The topological polar surface area (TPSA) is 81.4 Å². The second-order valence-electron chi connectivity index (χ2n) is 5.25. The fourth-order valence-electron chi connectivity index (χ4n) is 1.65. The lowest BCUT2D eigenvalue weighted by Gasteiger charge is -2.18. The van der Waals surface area contributed by atoms with Crippen molar-refractivity contribution in [1.82, 2.24) is 0 Å². The molecule has 1 amide bonds. The van der Waals surface area contributed by atoms with Crippen LogP contribution in [0.1, 0.15) is 36.2 Å². The number of ether oxygens (including phenoxy) is 1. The van der Waals surface area contributed by atoms with Crippen molar-refractivity contribution < 1.29 is 14.3 Å². The first kappa shape index (κ1) is 15.2. The van der Waals surface area contributed by atoms with Crippen molar-refractivity contribution in [3.05, 3.63) is 29.3 Å². The highest BCUT2D eigenvalue weighted by Crippen LogP contribution is 2.19. The van der Waals surface area contributed by atoms with Gasteiger partial charge in [-0.15, -0.1) is 0 Å². The number of carbonyl (C=O) groups is 2. The van der Waals surface area contributed by atoms with Gasteiger partial charge >= 0.3 is 5.97 Å². The van der Waals surface area contributed by atoms with Crippen LogP contribution in [0.3, 0.4) is 0 Å². The Kier molecular flexibility index (Phi) is 4.67. The van der Waals surface area contributed by atoms with Crippen LogP contribution in [-0.4, -0.2) is 24.5 Å². The lowest BCUT2D eigenvalue weighted by molar-refractivity contribution is -0.117. The second-order valence-corrected chi connectivity index (χ2v) is 5.25. The summed E-state index contributed by atoms with van der Waals surface area (Å²) in [5.41, 5.74) is 6.88. The molecule has 0 aromatic heterocycles. The molecule has 0 saturated carbocycles. The van der Waals surface area contributed by atoms with Crippen LogP contribution >= 0.6 is 0 Å². The summed E-state index contributed by atoms with van der Waals surface area (Å²) in [6.07, 6.45) is 0.168. The van der Waals surface area contributed by atoms with Crippen LogP contribution in [-0.2, 0) is 9.53 Å². The number of rotatable bonds is 4. The number of nitrogens with one attached hydrogen (secondary N) is 1. The van der Waals surface area contributed by atoms with Crippen LogP contribution < -0.4 is 11.1 Å². The van der Waals surface area contributed by atoms with E-state index in [4.69, 9.17) is 10.5 Å². The summed E-state index contributed by atoms with van der Waals surface area (Å²) < 4.78 is 4.70. The number of hydrogen-bond acceptors (Lipinski definition) is 4. The monoisotopic (exact) mass is 264 g/mol. The normalized spacial score (nSPS) is 11.0. The Morgan fingerprint density at radius 2 is 2.00 bits per heavy atom. The summed E-state index contributed by atoms with van der Waals surface area (Å²) in [5.74, 6) is -0.715. The lowest BCUT2D eigenvalue weighted by atomic mass is 10.0. The van der Waals surface area contributed by atoms with Crippen LogP contribution in [0.5, 0.6) is 0 Å². The first-order valence-electron chi connectivity index (χ1n) is 6.00. The molecule has 0 atom stereocenters. The average molecular weight is 264 g/mol. The van der Waals surface area contributed by atoms with Crippen molar-refractivity contribution in [2.45, 2.75) is 32.7 Å². The molecule has 0 aliphatic carbocycles. The number of anilines is 1. The predicted octanol–water partition coefficient (Wildman–Crippen LogP) is 1.85. The summed E-state index contributed by atoms with van der Waals surface area (Å²) in [6.45, 7) is 5.40. The molecule has 1 aromatic carbocycles. The van der Waals surface area contributed by atoms with E-state index < -0.39 is 11.5 Å². The van der Waals surface area contributed by atoms with Gasteiger partial charge in [0.25, 0.3) is 0 Å². The highest BCUT2D eigenvalue weighted by atomic mass is 16.5. The Hall–Kier alpha value is -1.88. The highest BCUT2D eigenvalue weighted by Gasteiger charge is 2.19. The van der Waals surface area contributed by atoms with Gasteiger partial charge in [0.1, 0.15) is 0 Å². The number of benzene rings is 1. The van der Waals surface area contributed by atoms with E-state index in [1.54, 1.807) is 26.0 Å². The Balaban J connectivity index is 2.95. The van der Waals surface area contributed by atoms with Crippen LogP contribution in [0, 0.1) is 6.92 Å². The van der Waals surface area contributed by atoms with Crippen LogP contribution in [0.25, 0.3) is 0 Å². The zero-order valence-corrected chi connectivity index (χ0v) is 11.7. The van der Waals surface area contributed by atoms with Crippen molar-refractivity contribution in [3.8, 4) is 0 Å². The maximum atomic E-state index is 11.8. The minimum absolute atomic E-state index is 0.168. The molecule has 0 radical (unpaired) electrons. The van der Waals surface area contributed by atoms with E-state index in [-0.39, 0.29) is 12.3 Å². The molecule has 1 rings (SSSR count). The van der Waals surface area contributed by atoms with Crippen LogP contribution in [0.2, 0.25) is 0 Å². The van der Waals surface area contributed by atoms with Crippen LogP contribution in [0.4, 0.5) is 5.69 Å². The third kappa shape index (κ3) is 4.71. The van der Waals surface area contributed by atoms with E-state index in [0.717, 1.165) is 5.56 Å². The Morgan fingerprint density at radius 3 is 2.53 bits per heavy atom. The smallest absolute Gasteiger partial charge is 0.339 e. The molecule has 0 aliphatic heterocycles. The van der Waals surface area contributed by atoms with Crippen molar-refractivity contribution >= 4 is 17.6 Å². The van der Waals surface area contributed by atoms with Gasteiger partial charge in [0.05, 0.1) is 18.4 Å². The van der Waals surface area contributed by atoms with Gasteiger partial charge in [0, 0.05) is 12.0 Å². The molecule has 0 aliphatic rings. The van der Waals surface area contributed by atoms with Gasteiger partial charge in [-0.05, 0) is 32.9 Å². The molecule has 19 heavy (non-hydrogen) atoms. The van der Waals surface area contributed by atoms with Gasteiger partial charge in [0.2, 0.25) is 5.91 Å². The molecule has 0 bridgehead atoms. The van der Waals surface area contributed by atoms with E-state index in [1.165, 1.54) is 7.11 Å². The lowest BCUT2D eigenvalue weighted by Crippen LogP contribution is -2.36. The second kappa shape index (κ2) is 5.84. The van der Waals surface area contributed by atoms with Crippen LogP contribution in [0.15, 0.2) is 18.2 Å². The molecule has 1 aromatic rings. The summed E-state index contributed by atoms with van der Waals surface area (Å²) in [5, 5.41) is 2.69. The number of esters is 1. The maximum absolute atomic E-state index is 11.8. The number of nitrogens with two attached hydrogens (primary N) is 1. The van der Waals surface area contributed by atoms with E-state index in [9.17, 15) is 9.59 Å². The minimum Gasteiger partial charge on any atom is -0.465 e. The molecular weight excluding hydrogens is 244 g/mol. The summed E-state index contributed by atoms with van der Waals surface area (Å²) in [4.78, 5) is 23.5. The van der Waals surface area contributed by atoms with Crippen molar-refractivity contribution in [3.63, 3.8) is 0 Å². The zero-order valence-electron chi connectivity index (χ0n) is 11.7. The predicted molar refractivity (Wildman–Crippen MR) is 74.0 cm³/mol. The third-order valence-electron chi connectivity index (χ3n) is 2.47. The number of hydrogen-bond donors (Lipinski definition) is 2. The number of amides is 1. The minimum atomic E-state index is -0.597. The third-order valence-corrected chi connectivity index (χ3v) is 2.47. The molecular formula is C14H20N2O3. The van der Waals surface area contributed by atoms with Gasteiger partial charge in [-0.3, -0.25) is 4.79 Å². The molecule has 0 unspecified atom stereocenters. The Bertz CT molecular complexity index is 490. The van der Waals surface area contributed by atoms with Gasteiger partial charge in [-0.1, -0.05) is 11.6 Å². The Labute approximate surface area is 113 Å². The SMILES string of the molecule is COC(=O)c1cc(C)ccc1NC(=O)CC(C)(C)N. The first-order valence-corrected chi connectivity index (χ1v) is 6.00. The molecule has 3 N–H and O–H groups in total. The molecule has 0 fully saturated rings. The molecule has 0 spiro atoms. The molecule has 5 nitrogen and oxygen atoms in total. The van der Waals surface area contributed by atoms with Gasteiger partial charge in [-0.25, -0.2) is 4.79 Å². The van der Waals surface area contributed by atoms with Crippen molar-refractivity contribution in [1.29, 1.82) is 0 Å². The summed E-state index contributed by atoms with van der Waals surface area (Å²) in [6, 6.07) is 5.17. The summed E-state index contributed by atoms with van der Waals surface area (Å²) >= 11 is 0. The molecule has 0 saturated heterocycles. The quantitative estimate of drug-likeness (QED) is 0.813. The first-order chi connectivity index (χ1) is 8.73. The van der Waals surface area contributed by atoms with E-state index in [2.05, 4.69) is 5.32 Å². The standard InChI is InChI=1S/C14H20N2O3/c1-9-5-6-11(10(7-9)13(18)19-4)16-12(17)8-14(2,3)15/h5-7H,8,15H2,1-4H3,(H,16,17). The fraction of sp³-hybridized carbons (Fsp3) is 0.429. The zero-order chi connectivity index (χ0) is 14.6. The Morgan fingerprint density at radius 1 is 1.37 bits per heavy atom. The van der Waals surface area contributed by atoms with Gasteiger partial charge < -0.3 is 15.8 Å².